The van der Waals surface area contributed by atoms with Gasteiger partial charge in [-0.3, -0.25) is 19.6 Å². The van der Waals surface area contributed by atoms with E-state index in [4.69, 9.17) is 10.5 Å². The molecule has 0 aromatic carbocycles. The van der Waals surface area contributed by atoms with E-state index in [1.54, 1.807) is 4.90 Å². The first kappa shape index (κ1) is 16.9. The average Bonchev–Trinajstić information content (AvgIpc) is 2.64. The number of amides is 1. The highest BCUT2D eigenvalue weighted by molar-refractivity contribution is 5.96. The van der Waals surface area contributed by atoms with Crippen LogP contribution in [0.1, 0.15) is 36.0 Å². The van der Waals surface area contributed by atoms with Gasteiger partial charge in [-0.1, -0.05) is 0 Å². The zero-order chi connectivity index (χ0) is 18.3. The summed E-state index contributed by atoms with van der Waals surface area (Å²) in [5.74, 6) is -0.192. The minimum absolute atomic E-state index is 0.162. The molecule has 4 N–H and O–H groups in total. The summed E-state index contributed by atoms with van der Waals surface area (Å²) < 4.78 is 6.01. The maximum atomic E-state index is 12.9. The molecule has 2 aliphatic rings. The molecule has 9 nitrogen and oxygen atoms in total. The third kappa shape index (κ3) is 3.04. The first-order valence-electron chi connectivity index (χ1n) is 8.77. The second kappa shape index (κ2) is 6.33. The number of ether oxygens (including phenoxy) is 1. The Bertz CT molecular complexity index is 958. The number of morpholine rings is 1. The van der Waals surface area contributed by atoms with Gasteiger partial charge in [-0.05, 0) is 31.7 Å². The molecule has 1 aliphatic heterocycles. The fraction of sp³-hybridized carbons (Fsp3) is 0.529. The van der Waals surface area contributed by atoms with Gasteiger partial charge in [-0.15, -0.1) is 0 Å². The lowest BCUT2D eigenvalue weighted by Gasteiger charge is -2.46. The lowest BCUT2D eigenvalue weighted by atomic mass is 9.81. The molecular weight excluding hydrogens is 338 g/mol. The Balaban J connectivity index is 1.60. The van der Waals surface area contributed by atoms with Gasteiger partial charge in [-0.25, -0.2) is 9.78 Å². The van der Waals surface area contributed by atoms with E-state index in [2.05, 4.69) is 15.0 Å². The number of nitrogens with two attached hydrogens (primary N) is 1. The highest BCUT2D eigenvalue weighted by Gasteiger charge is 2.40. The molecule has 0 radical (unpaired) electrons. The molecule has 1 amide bonds. The van der Waals surface area contributed by atoms with Crippen LogP contribution in [0, 0.1) is 0 Å². The van der Waals surface area contributed by atoms with Crippen LogP contribution in [0.3, 0.4) is 0 Å². The van der Waals surface area contributed by atoms with Gasteiger partial charge in [0.15, 0.2) is 0 Å². The number of hydrogen-bond donors (Lipinski definition) is 3. The molecule has 2 aromatic heterocycles. The van der Waals surface area contributed by atoms with Gasteiger partial charge in [0.2, 0.25) is 0 Å². The summed E-state index contributed by atoms with van der Waals surface area (Å²) in [4.78, 5) is 46.6. The number of aromatic amines is 2. The normalized spacial score (nSPS) is 26.3. The Morgan fingerprint density at radius 1 is 1.31 bits per heavy atom. The van der Waals surface area contributed by atoms with Crippen LogP contribution >= 0.6 is 0 Å². The predicted octanol–water partition coefficient (Wildman–Crippen LogP) is -0.276. The van der Waals surface area contributed by atoms with Gasteiger partial charge < -0.3 is 15.4 Å². The predicted molar refractivity (Wildman–Crippen MR) is 94.0 cm³/mol. The van der Waals surface area contributed by atoms with Crippen LogP contribution in [0.15, 0.2) is 21.9 Å². The molecule has 2 aromatic rings. The zero-order valence-electron chi connectivity index (χ0n) is 14.3. The number of nitrogens with one attached hydrogen (secondary N) is 2. The quantitative estimate of drug-likeness (QED) is 0.641. The van der Waals surface area contributed by atoms with Crippen molar-refractivity contribution >= 4 is 16.9 Å². The summed E-state index contributed by atoms with van der Waals surface area (Å²) in [6, 6.07) is 1.67. The van der Waals surface area contributed by atoms with E-state index in [1.165, 1.54) is 12.3 Å². The number of carbonyl (C=O) groups is 1. The second-order valence-corrected chi connectivity index (χ2v) is 7.12. The maximum absolute atomic E-state index is 12.9. The summed E-state index contributed by atoms with van der Waals surface area (Å²) in [6.45, 7) is 1.49. The number of fused-ring (bicyclic) bond motifs is 1. The van der Waals surface area contributed by atoms with E-state index in [-0.39, 0.29) is 28.6 Å². The highest BCUT2D eigenvalue weighted by Crippen LogP contribution is 2.34. The van der Waals surface area contributed by atoms with Crippen molar-refractivity contribution in [3.8, 4) is 0 Å². The minimum Gasteiger partial charge on any atom is -0.371 e. The first-order chi connectivity index (χ1) is 12.5. The number of nitrogens with zero attached hydrogens (tertiary/aromatic N) is 2. The molecule has 1 spiro atoms. The SMILES string of the molecule is NC1CCC2(CC1)CN(C(=O)c1cnc3[nH]c(=O)[nH]c(=O)c3c1)CCO2. The molecule has 0 atom stereocenters. The second-order valence-electron chi connectivity index (χ2n) is 7.12. The van der Waals surface area contributed by atoms with Gasteiger partial charge in [0.25, 0.3) is 11.5 Å². The molecule has 138 valence electrons. The van der Waals surface area contributed by atoms with Crippen molar-refractivity contribution < 1.29 is 9.53 Å². The van der Waals surface area contributed by atoms with Crippen LogP contribution in [0.5, 0.6) is 0 Å². The van der Waals surface area contributed by atoms with Crippen LogP contribution in [-0.2, 0) is 4.74 Å². The number of rotatable bonds is 1. The molecule has 9 heteroatoms. The third-order valence-electron chi connectivity index (χ3n) is 5.32. The molecule has 0 unspecified atom stereocenters. The summed E-state index contributed by atoms with van der Waals surface area (Å²) in [7, 11) is 0. The number of aromatic nitrogens is 3. The molecule has 26 heavy (non-hydrogen) atoms. The van der Waals surface area contributed by atoms with Crippen LogP contribution in [0.25, 0.3) is 11.0 Å². The van der Waals surface area contributed by atoms with Crippen molar-refractivity contribution in [1.82, 2.24) is 19.9 Å². The smallest absolute Gasteiger partial charge is 0.327 e. The Morgan fingerprint density at radius 2 is 2.08 bits per heavy atom. The first-order valence-corrected chi connectivity index (χ1v) is 8.77. The molecule has 1 saturated carbocycles. The van der Waals surface area contributed by atoms with Crippen molar-refractivity contribution in [2.24, 2.45) is 5.73 Å². The number of pyridine rings is 1. The molecule has 1 saturated heterocycles. The fourth-order valence-corrected chi connectivity index (χ4v) is 3.83. The molecule has 2 fully saturated rings. The van der Waals surface area contributed by atoms with Crippen molar-refractivity contribution in [1.29, 1.82) is 0 Å². The van der Waals surface area contributed by atoms with E-state index in [1.807, 2.05) is 0 Å². The standard InChI is InChI=1S/C17H21N5O4/c18-11-1-3-17(4-2-11)9-22(5-6-26-17)15(24)10-7-12-13(19-8-10)20-16(25)21-14(12)23/h7-8,11H,1-6,9,18H2,(H2,19,20,21,23,25). The maximum Gasteiger partial charge on any atom is 0.327 e. The van der Waals surface area contributed by atoms with Gasteiger partial charge >= 0.3 is 5.69 Å². The largest absolute Gasteiger partial charge is 0.371 e. The van der Waals surface area contributed by atoms with E-state index in [0.29, 0.717) is 25.3 Å². The Labute approximate surface area is 148 Å². The van der Waals surface area contributed by atoms with Crippen molar-refractivity contribution in [2.75, 3.05) is 19.7 Å². The van der Waals surface area contributed by atoms with Gasteiger partial charge in [-0.2, -0.15) is 0 Å². The fourth-order valence-electron chi connectivity index (χ4n) is 3.83. The summed E-state index contributed by atoms with van der Waals surface area (Å²) in [5.41, 5.74) is 4.95. The Kier molecular flexibility index (Phi) is 4.12. The third-order valence-corrected chi connectivity index (χ3v) is 5.32. The summed E-state index contributed by atoms with van der Waals surface area (Å²) >= 11 is 0. The van der Waals surface area contributed by atoms with Crippen molar-refractivity contribution in [3.05, 3.63) is 38.7 Å². The van der Waals surface area contributed by atoms with E-state index in [0.717, 1.165) is 25.7 Å². The molecule has 0 bridgehead atoms. The molecule has 3 heterocycles. The summed E-state index contributed by atoms with van der Waals surface area (Å²) in [6.07, 6.45) is 4.85. The van der Waals surface area contributed by atoms with Crippen LogP contribution in [0.2, 0.25) is 0 Å². The van der Waals surface area contributed by atoms with E-state index >= 15 is 0 Å². The minimum atomic E-state index is -0.625. The number of hydrogen-bond acceptors (Lipinski definition) is 6. The van der Waals surface area contributed by atoms with E-state index in [9.17, 15) is 14.4 Å². The van der Waals surface area contributed by atoms with Crippen molar-refractivity contribution in [3.63, 3.8) is 0 Å². The monoisotopic (exact) mass is 359 g/mol. The average molecular weight is 359 g/mol. The topological polar surface area (TPSA) is 134 Å². The lowest BCUT2D eigenvalue weighted by Crippen LogP contribution is -2.56. The number of carbonyl (C=O) groups excluding carboxylic acids is 1. The van der Waals surface area contributed by atoms with Crippen molar-refractivity contribution in [2.45, 2.75) is 37.3 Å². The van der Waals surface area contributed by atoms with Gasteiger partial charge in [0.1, 0.15) is 5.65 Å². The molecular formula is C17H21N5O4. The lowest BCUT2D eigenvalue weighted by molar-refractivity contribution is -0.119. The number of H-pyrrole nitrogens is 2. The Hall–Kier alpha value is -2.52. The zero-order valence-corrected chi connectivity index (χ0v) is 14.3. The van der Waals surface area contributed by atoms with Gasteiger partial charge in [0.05, 0.1) is 29.7 Å². The highest BCUT2D eigenvalue weighted by atomic mass is 16.5. The van der Waals surface area contributed by atoms with Crippen LogP contribution < -0.4 is 17.0 Å². The Morgan fingerprint density at radius 3 is 2.85 bits per heavy atom. The van der Waals surface area contributed by atoms with E-state index < -0.39 is 11.2 Å². The summed E-state index contributed by atoms with van der Waals surface area (Å²) in [5, 5.41) is 0.182. The van der Waals surface area contributed by atoms with Crippen LogP contribution in [-0.4, -0.2) is 57.1 Å². The van der Waals surface area contributed by atoms with Crippen LogP contribution in [0.4, 0.5) is 0 Å². The molecule has 4 rings (SSSR count). The molecule has 1 aliphatic carbocycles. The van der Waals surface area contributed by atoms with Gasteiger partial charge in [0, 0.05) is 18.8 Å².